The van der Waals surface area contributed by atoms with Crippen molar-refractivity contribution in [1.29, 1.82) is 5.26 Å². The molecule has 1 amide bonds. The number of hydrogen-bond donors (Lipinski definition) is 1. The van der Waals surface area contributed by atoms with Gasteiger partial charge in [0, 0.05) is 36.6 Å². The summed E-state index contributed by atoms with van der Waals surface area (Å²) in [5, 5.41) is 9.65. The Bertz CT molecular complexity index is 599. The number of thioether (sulfide) groups is 1. The number of amides is 1. The third-order valence-corrected chi connectivity index (χ3v) is 4.31. The molecule has 2 N–H and O–H groups in total. The minimum absolute atomic E-state index is 0.153. The number of nitriles is 1. The van der Waals surface area contributed by atoms with Crippen LogP contribution in [0.5, 0.6) is 0 Å². The highest BCUT2D eigenvalue weighted by Gasteiger charge is 2.23. The Morgan fingerprint density at radius 1 is 1.61 bits per heavy atom. The van der Waals surface area contributed by atoms with E-state index in [1.165, 1.54) is 12.1 Å². The van der Waals surface area contributed by atoms with Gasteiger partial charge in [-0.3, -0.25) is 9.79 Å². The molecule has 0 aliphatic heterocycles. The summed E-state index contributed by atoms with van der Waals surface area (Å²) in [7, 11) is 1.57. The molecule has 0 fully saturated rings. The van der Waals surface area contributed by atoms with E-state index in [0.717, 1.165) is 11.8 Å². The monoisotopic (exact) mass is 357 g/mol. The lowest BCUT2D eigenvalue weighted by Crippen LogP contribution is -2.28. The molecule has 0 aliphatic rings. The number of rotatable bonds is 8. The van der Waals surface area contributed by atoms with Crippen LogP contribution in [-0.4, -0.2) is 31.2 Å². The Morgan fingerprint density at radius 2 is 2.35 bits per heavy atom. The molecule has 0 radical (unpaired) electrons. The first-order valence-electron chi connectivity index (χ1n) is 6.79. The number of hydrogen-bond acceptors (Lipinski definition) is 5. The molecule has 1 atom stereocenters. The molecule has 0 saturated carbocycles. The van der Waals surface area contributed by atoms with Crippen molar-refractivity contribution in [1.82, 2.24) is 0 Å². The summed E-state index contributed by atoms with van der Waals surface area (Å²) in [5.74, 6) is -2.24. The smallest absolute Gasteiger partial charge is 0.241 e. The zero-order valence-corrected chi connectivity index (χ0v) is 14.2. The van der Waals surface area contributed by atoms with Crippen molar-refractivity contribution in [3.63, 3.8) is 0 Å². The van der Waals surface area contributed by atoms with Gasteiger partial charge in [0.2, 0.25) is 5.91 Å². The summed E-state index contributed by atoms with van der Waals surface area (Å²) < 4.78 is 18.7. The van der Waals surface area contributed by atoms with Crippen molar-refractivity contribution < 1.29 is 13.9 Å². The third-order valence-electron chi connectivity index (χ3n) is 2.86. The molecule has 8 heteroatoms. The summed E-state index contributed by atoms with van der Waals surface area (Å²) in [5.41, 5.74) is 5.52. The molecule has 124 valence electrons. The van der Waals surface area contributed by atoms with E-state index in [9.17, 15) is 9.18 Å². The van der Waals surface area contributed by atoms with E-state index in [0.29, 0.717) is 25.1 Å². The molecule has 0 aromatic heterocycles. The molecule has 1 unspecified atom stereocenters. The van der Waals surface area contributed by atoms with E-state index in [1.807, 2.05) is 6.07 Å². The van der Waals surface area contributed by atoms with Gasteiger partial charge in [0.05, 0.1) is 11.1 Å². The van der Waals surface area contributed by atoms with Crippen LogP contribution in [-0.2, 0) is 15.3 Å². The zero-order valence-electron chi connectivity index (χ0n) is 12.6. The minimum atomic E-state index is -1.16. The number of nitrogens with two attached hydrogens (primary N) is 1. The number of primary amides is 1. The van der Waals surface area contributed by atoms with Crippen molar-refractivity contribution in [2.45, 2.75) is 12.2 Å². The first-order chi connectivity index (χ1) is 11.0. The van der Waals surface area contributed by atoms with Crippen LogP contribution in [0.1, 0.15) is 12.0 Å². The fourth-order valence-corrected chi connectivity index (χ4v) is 3.09. The predicted octanol–water partition coefficient (Wildman–Crippen LogP) is 2.77. The third kappa shape index (κ3) is 6.18. The van der Waals surface area contributed by atoms with Crippen LogP contribution in [0.4, 0.5) is 4.39 Å². The Balaban J connectivity index is 2.88. The van der Waals surface area contributed by atoms with Crippen molar-refractivity contribution in [3.05, 3.63) is 34.6 Å². The molecule has 0 spiro atoms. The molecule has 0 aliphatic carbocycles. The first kappa shape index (κ1) is 19.4. The molecule has 0 saturated heterocycles. The van der Waals surface area contributed by atoms with E-state index in [2.05, 4.69) is 4.99 Å². The van der Waals surface area contributed by atoms with Gasteiger partial charge in [-0.2, -0.15) is 5.26 Å². The van der Waals surface area contributed by atoms with Crippen molar-refractivity contribution in [2.75, 3.05) is 20.3 Å². The Kier molecular flexibility index (Phi) is 8.62. The van der Waals surface area contributed by atoms with Crippen LogP contribution < -0.4 is 5.73 Å². The molecule has 23 heavy (non-hydrogen) atoms. The average Bonchev–Trinajstić information content (AvgIpc) is 2.50. The van der Waals surface area contributed by atoms with E-state index >= 15 is 0 Å². The quantitative estimate of drug-likeness (QED) is 0.440. The van der Waals surface area contributed by atoms with Gasteiger partial charge in [-0.25, -0.2) is 4.39 Å². The van der Waals surface area contributed by atoms with Gasteiger partial charge in [-0.05, 0) is 18.6 Å². The average molecular weight is 358 g/mol. The van der Waals surface area contributed by atoms with E-state index < -0.39 is 17.6 Å². The first-order valence-corrected chi connectivity index (χ1v) is 8.15. The second-order valence-corrected chi connectivity index (χ2v) is 5.92. The van der Waals surface area contributed by atoms with Crippen molar-refractivity contribution in [3.8, 4) is 6.07 Å². The maximum atomic E-state index is 13.8. The van der Waals surface area contributed by atoms with Crippen LogP contribution in [0.25, 0.3) is 0 Å². The van der Waals surface area contributed by atoms with Gasteiger partial charge in [-0.15, -0.1) is 11.8 Å². The maximum absolute atomic E-state index is 13.8. The van der Waals surface area contributed by atoms with Crippen LogP contribution in [0.15, 0.2) is 23.2 Å². The number of benzene rings is 1. The lowest BCUT2D eigenvalue weighted by Gasteiger charge is -2.11. The highest BCUT2D eigenvalue weighted by atomic mass is 35.5. The van der Waals surface area contributed by atoms with E-state index in [1.54, 1.807) is 13.2 Å². The van der Waals surface area contributed by atoms with Gasteiger partial charge in [0.15, 0.2) is 5.92 Å². The Hall–Kier alpha value is -1.62. The maximum Gasteiger partial charge on any atom is 0.241 e. The second kappa shape index (κ2) is 10.2. The fraction of sp³-hybridized carbons (Fsp3) is 0.400. The fourth-order valence-electron chi connectivity index (χ4n) is 1.68. The Morgan fingerprint density at radius 3 is 2.91 bits per heavy atom. The summed E-state index contributed by atoms with van der Waals surface area (Å²) in [6, 6.07) is 6.20. The second-order valence-electron chi connectivity index (χ2n) is 4.52. The number of aliphatic imine (C=N–C) groups is 1. The molecule has 0 heterocycles. The van der Waals surface area contributed by atoms with Crippen molar-refractivity contribution >= 4 is 34.3 Å². The van der Waals surface area contributed by atoms with Crippen LogP contribution in [0.2, 0.25) is 5.02 Å². The molecule has 1 rings (SSSR count). The van der Waals surface area contributed by atoms with Crippen molar-refractivity contribution in [2.24, 2.45) is 16.6 Å². The van der Waals surface area contributed by atoms with Gasteiger partial charge in [0.25, 0.3) is 0 Å². The SMILES string of the molecule is COCCCN=C(SCc1c(F)cccc1Cl)C(C#N)C(N)=O. The lowest BCUT2D eigenvalue weighted by molar-refractivity contribution is -0.118. The highest BCUT2D eigenvalue weighted by molar-refractivity contribution is 8.13. The molecule has 5 nitrogen and oxygen atoms in total. The molecular weight excluding hydrogens is 341 g/mol. The van der Waals surface area contributed by atoms with E-state index in [4.69, 9.17) is 27.3 Å². The summed E-state index contributed by atoms with van der Waals surface area (Å²) in [6.07, 6.45) is 0.637. The molecular formula is C15H17ClFN3O2S. The normalized spacial score (nSPS) is 12.7. The summed E-state index contributed by atoms with van der Waals surface area (Å²) >= 11 is 7.05. The van der Waals surface area contributed by atoms with Gasteiger partial charge < -0.3 is 10.5 Å². The number of nitrogens with zero attached hydrogens (tertiary/aromatic N) is 2. The highest BCUT2D eigenvalue weighted by Crippen LogP contribution is 2.26. The molecule has 1 aromatic carbocycles. The summed E-state index contributed by atoms with van der Waals surface area (Å²) in [4.78, 5) is 15.6. The van der Waals surface area contributed by atoms with Gasteiger partial charge >= 0.3 is 0 Å². The van der Waals surface area contributed by atoms with Gasteiger partial charge in [0.1, 0.15) is 5.82 Å². The van der Waals surface area contributed by atoms with E-state index in [-0.39, 0.29) is 15.8 Å². The topological polar surface area (TPSA) is 88.5 Å². The Labute approximate surface area is 143 Å². The van der Waals surface area contributed by atoms with Crippen LogP contribution in [0, 0.1) is 23.1 Å². The van der Waals surface area contributed by atoms with Crippen LogP contribution in [0.3, 0.4) is 0 Å². The zero-order chi connectivity index (χ0) is 17.2. The number of carbonyl (C=O) groups is 1. The standard InChI is InChI=1S/C15H17ClFN3O2S/c1-22-7-3-6-20-15(10(8-18)14(19)21)23-9-11-12(16)4-2-5-13(11)17/h2,4-5,10H,3,6-7,9H2,1H3,(H2,19,21). The summed E-state index contributed by atoms with van der Waals surface area (Å²) in [6.45, 7) is 0.890. The predicted molar refractivity (Wildman–Crippen MR) is 89.8 cm³/mol. The van der Waals surface area contributed by atoms with Gasteiger partial charge in [-0.1, -0.05) is 17.7 Å². The largest absolute Gasteiger partial charge is 0.385 e. The number of ether oxygens (including phenoxy) is 1. The molecule has 1 aromatic rings. The molecule has 0 bridgehead atoms. The lowest BCUT2D eigenvalue weighted by atomic mass is 10.2. The number of carbonyl (C=O) groups excluding carboxylic acids is 1. The number of methoxy groups -OCH3 is 1. The van der Waals surface area contributed by atoms with Crippen LogP contribution >= 0.6 is 23.4 Å². The number of halogens is 2. The minimum Gasteiger partial charge on any atom is -0.385 e.